The Kier molecular flexibility index (Phi) is 7.01. The van der Waals surface area contributed by atoms with E-state index >= 15 is 0 Å². The maximum absolute atomic E-state index is 9.01. The molecular weight excluding hydrogens is 880 g/mol. The third-order valence-corrected chi connectivity index (χ3v) is 9.90. The normalized spacial score (nSPS) is 13.7. The monoisotopic (exact) mass is 925 g/mol. The first-order valence-corrected chi connectivity index (χ1v) is 18.1. The number of benzene rings is 7. The first-order chi connectivity index (χ1) is 31.8. The number of para-hydroxylation sites is 3. The second kappa shape index (κ2) is 15.2. The summed E-state index contributed by atoms with van der Waals surface area (Å²) in [6.07, 6.45) is 6.10. The summed E-state index contributed by atoms with van der Waals surface area (Å²) >= 11 is 0. The molecule has 0 aliphatic rings. The van der Waals surface area contributed by atoms with E-state index in [-0.39, 0.29) is 49.0 Å². The van der Waals surface area contributed by atoms with Crippen molar-refractivity contribution in [2.75, 3.05) is 0 Å². The van der Waals surface area contributed by atoms with Crippen molar-refractivity contribution in [3.05, 3.63) is 199 Å². The zero-order chi connectivity index (χ0) is 46.3. The predicted molar refractivity (Wildman–Crippen MR) is 225 cm³/mol. The molecule has 3 aromatic heterocycles. The number of rotatable bonds is 8. The van der Waals surface area contributed by atoms with E-state index in [1.807, 2.05) is 73.8 Å². The second-order valence-electron chi connectivity index (χ2n) is 13.2. The standard InChI is InChI=1S/C51H36N4O.Pt/c1-3-36-29-30-52-49(31-36)55-46-25-11-10-22-44(46)45-28-27-41(33-48(45)55)56-40-21-13-20-39(32-40)53-34-54(50-35(2)15-12-26-47(50)53)51-42(37-16-6-4-7-17-37)23-14-24-43(51)38-18-8-5-9-19-38;/h4-31H,3H2,1-2H3;/q-2;/i4D,5D,6D,7D,8D,9D,16D,17D,18D,19D;. The van der Waals surface area contributed by atoms with Crippen molar-refractivity contribution >= 4 is 32.8 Å². The molecule has 6 heteroatoms. The van der Waals surface area contributed by atoms with Gasteiger partial charge in [-0.15, -0.1) is 29.7 Å². The van der Waals surface area contributed by atoms with Gasteiger partial charge >= 0.3 is 0 Å². The number of hydrogen-bond acceptors (Lipinski definition) is 2. The van der Waals surface area contributed by atoms with Gasteiger partial charge in [-0.05, 0) is 76.0 Å². The Labute approximate surface area is 360 Å². The van der Waals surface area contributed by atoms with Gasteiger partial charge < -0.3 is 13.9 Å². The number of aryl methyl sites for hydroxylation is 2. The van der Waals surface area contributed by atoms with Gasteiger partial charge in [-0.2, -0.15) is 18.2 Å². The first-order valence-electron chi connectivity index (χ1n) is 23.1. The van der Waals surface area contributed by atoms with Crippen molar-refractivity contribution in [2.24, 2.45) is 0 Å². The number of ether oxygens (including phenoxy) is 1. The molecule has 0 spiro atoms. The summed E-state index contributed by atoms with van der Waals surface area (Å²) < 4.78 is 98.9. The molecule has 0 unspecified atom stereocenters. The van der Waals surface area contributed by atoms with E-state index in [0.29, 0.717) is 28.2 Å². The van der Waals surface area contributed by atoms with Gasteiger partial charge in [0.2, 0.25) is 0 Å². The van der Waals surface area contributed by atoms with Crippen LogP contribution >= 0.6 is 0 Å². The second-order valence-corrected chi connectivity index (χ2v) is 13.2. The van der Waals surface area contributed by atoms with Crippen molar-refractivity contribution in [1.82, 2.24) is 14.1 Å². The zero-order valence-corrected chi connectivity index (χ0v) is 32.9. The Bertz CT molecular complexity index is 3520. The molecule has 0 fully saturated rings. The van der Waals surface area contributed by atoms with E-state index in [0.717, 1.165) is 45.2 Å². The molecule has 0 saturated heterocycles. The summed E-state index contributed by atoms with van der Waals surface area (Å²) in [7, 11) is 0. The quantitative estimate of drug-likeness (QED) is 0.112. The molecule has 0 atom stereocenters. The summed E-state index contributed by atoms with van der Waals surface area (Å²) in [5.74, 6) is 1.57. The molecule has 0 bridgehead atoms. The van der Waals surface area contributed by atoms with Gasteiger partial charge in [-0.25, -0.2) is 4.98 Å². The summed E-state index contributed by atoms with van der Waals surface area (Å²) in [6, 6.07) is 33.5. The number of nitrogens with zero attached hydrogens (tertiary/aromatic N) is 4. The summed E-state index contributed by atoms with van der Waals surface area (Å²) in [5, 5.41) is 2.04. The third kappa shape index (κ3) is 6.44. The number of hydrogen-bond donors (Lipinski definition) is 0. The number of imidazole rings is 1. The molecule has 0 aliphatic carbocycles. The van der Waals surface area contributed by atoms with E-state index in [4.69, 9.17) is 23.4 Å². The Morgan fingerprint density at radius 3 is 2.14 bits per heavy atom. The summed E-state index contributed by atoms with van der Waals surface area (Å²) in [4.78, 5) is 4.73. The number of pyridine rings is 1. The average Bonchev–Trinajstić information content (AvgIpc) is 3.88. The third-order valence-electron chi connectivity index (χ3n) is 9.90. The minimum absolute atomic E-state index is 0. The number of aromatic nitrogens is 4. The van der Waals surface area contributed by atoms with Crippen LogP contribution in [0.2, 0.25) is 0 Å². The maximum Gasteiger partial charge on any atom is 0.268 e. The van der Waals surface area contributed by atoms with Crippen LogP contribution in [0.3, 0.4) is 0 Å². The molecular formula is C51H36N4OPt-2. The fourth-order valence-corrected chi connectivity index (χ4v) is 7.34. The van der Waals surface area contributed by atoms with Crippen LogP contribution in [0.5, 0.6) is 11.5 Å². The van der Waals surface area contributed by atoms with Gasteiger partial charge in [0.25, 0.3) is 6.33 Å². The topological polar surface area (TPSA) is 35.9 Å². The van der Waals surface area contributed by atoms with Crippen LogP contribution in [0, 0.1) is 25.4 Å². The predicted octanol–water partition coefficient (Wildman–Crippen LogP) is 11.8. The summed E-state index contributed by atoms with van der Waals surface area (Å²) in [6.45, 7) is 3.99. The van der Waals surface area contributed by atoms with Crippen LogP contribution in [-0.4, -0.2) is 14.1 Å². The maximum atomic E-state index is 9.01. The van der Waals surface area contributed by atoms with Crippen molar-refractivity contribution in [3.8, 4) is 50.9 Å². The Morgan fingerprint density at radius 1 is 0.702 bits per heavy atom. The molecule has 57 heavy (non-hydrogen) atoms. The molecule has 7 aromatic carbocycles. The molecule has 0 saturated carbocycles. The van der Waals surface area contributed by atoms with Crippen LogP contribution in [-0.2, 0) is 27.5 Å². The molecule has 0 N–H and O–H groups in total. The SMILES string of the molecule is [2H]c1c([2H])c([2H])c(-c2cccc(-c3c([2H])c([2H])c([2H])c([2H])c3[2H])c2-[n+]2[c-]n(-c3[c-]c(Oc4[c-]c5c(cc4)c4ccccc4n5-c4cc(CC)ccn4)ccc3)c3cccc(C)c32)c([2H])c1[2H].[Pt]. The van der Waals surface area contributed by atoms with Crippen LogP contribution in [0.4, 0.5) is 0 Å². The molecule has 10 aromatic rings. The minimum Gasteiger partial charge on any atom is -0.510 e. The van der Waals surface area contributed by atoms with E-state index in [1.165, 1.54) is 0 Å². The molecule has 10 rings (SSSR count). The molecule has 0 aliphatic heterocycles. The van der Waals surface area contributed by atoms with Crippen molar-refractivity contribution in [3.63, 3.8) is 0 Å². The van der Waals surface area contributed by atoms with Crippen molar-refractivity contribution in [2.45, 2.75) is 20.3 Å². The van der Waals surface area contributed by atoms with Crippen LogP contribution in [0.1, 0.15) is 31.8 Å². The van der Waals surface area contributed by atoms with Crippen LogP contribution in [0.15, 0.2) is 170 Å². The zero-order valence-electron chi connectivity index (χ0n) is 40.6. The first kappa shape index (κ1) is 26.3. The van der Waals surface area contributed by atoms with Gasteiger partial charge in [0.1, 0.15) is 5.82 Å². The largest absolute Gasteiger partial charge is 0.510 e. The minimum atomic E-state index is -0.569. The average molecular weight is 926 g/mol. The fourth-order valence-electron chi connectivity index (χ4n) is 7.34. The molecule has 0 radical (unpaired) electrons. The van der Waals surface area contributed by atoms with Crippen LogP contribution < -0.4 is 9.30 Å². The molecule has 3 heterocycles. The Balaban J connectivity index is 0.00000562. The van der Waals surface area contributed by atoms with Gasteiger partial charge in [0.15, 0.2) is 0 Å². The van der Waals surface area contributed by atoms with Gasteiger partial charge in [-0.1, -0.05) is 127 Å². The Morgan fingerprint density at radius 2 is 1.39 bits per heavy atom. The van der Waals surface area contributed by atoms with E-state index in [2.05, 4.69) is 48.1 Å². The van der Waals surface area contributed by atoms with E-state index in [9.17, 15) is 0 Å². The fraction of sp³-hybridized carbons (Fsp3) is 0.0588. The van der Waals surface area contributed by atoms with Crippen LogP contribution in [0.25, 0.3) is 72.3 Å². The van der Waals surface area contributed by atoms with Crippen molar-refractivity contribution < 1.29 is 44.1 Å². The van der Waals surface area contributed by atoms with E-state index < -0.39 is 60.4 Å². The van der Waals surface area contributed by atoms with E-state index in [1.54, 1.807) is 33.4 Å². The van der Waals surface area contributed by atoms with Gasteiger partial charge in [0.05, 0.1) is 30.4 Å². The molecule has 0 amide bonds. The van der Waals surface area contributed by atoms with Gasteiger partial charge in [-0.3, -0.25) is 4.57 Å². The molecule has 278 valence electrons. The number of fused-ring (bicyclic) bond motifs is 4. The van der Waals surface area contributed by atoms with Crippen molar-refractivity contribution in [1.29, 1.82) is 0 Å². The molecule has 5 nitrogen and oxygen atoms in total. The Hall–Kier alpha value is -6.55. The summed E-state index contributed by atoms with van der Waals surface area (Å²) in [5.41, 5.74) is 5.61. The smallest absolute Gasteiger partial charge is 0.268 e. The van der Waals surface area contributed by atoms with Gasteiger partial charge in [0, 0.05) is 44.3 Å².